The number of nitrogen functional groups attached to an aromatic ring is 1. The highest BCUT2D eigenvalue weighted by molar-refractivity contribution is 14.1. The quantitative estimate of drug-likeness (QED) is 0.857. The standard InChI is InChI=1S/C12H11FIN3O/c1-7-2-3-8(4-9(7)13)6-18-12-16-5-10(14)11(15)17-12/h2-5H,6H2,1H3,(H2,15,16,17). The molecule has 1 heterocycles. The molecule has 0 aliphatic rings. The summed E-state index contributed by atoms with van der Waals surface area (Å²) in [5.74, 6) is 0.120. The van der Waals surface area contributed by atoms with Crippen LogP contribution in [0.25, 0.3) is 0 Å². The van der Waals surface area contributed by atoms with Gasteiger partial charge in [-0.15, -0.1) is 0 Å². The van der Waals surface area contributed by atoms with Gasteiger partial charge in [0.1, 0.15) is 18.2 Å². The second-order valence-corrected chi connectivity index (χ2v) is 4.92. The molecule has 0 saturated carbocycles. The van der Waals surface area contributed by atoms with Crippen LogP contribution in [0, 0.1) is 16.3 Å². The summed E-state index contributed by atoms with van der Waals surface area (Å²) in [4.78, 5) is 7.95. The van der Waals surface area contributed by atoms with E-state index in [1.807, 2.05) is 22.6 Å². The second-order valence-electron chi connectivity index (χ2n) is 3.76. The van der Waals surface area contributed by atoms with Gasteiger partial charge in [0.15, 0.2) is 0 Å². The summed E-state index contributed by atoms with van der Waals surface area (Å²) in [5.41, 5.74) is 6.96. The smallest absolute Gasteiger partial charge is 0.318 e. The van der Waals surface area contributed by atoms with Gasteiger partial charge in [-0.3, -0.25) is 0 Å². The molecule has 0 saturated heterocycles. The van der Waals surface area contributed by atoms with E-state index in [1.165, 1.54) is 6.07 Å². The first-order valence-electron chi connectivity index (χ1n) is 5.22. The van der Waals surface area contributed by atoms with E-state index in [4.69, 9.17) is 10.5 Å². The maximum Gasteiger partial charge on any atom is 0.318 e. The molecule has 0 aliphatic carbocycles. The zero-order chi connectivity index (χ0) is 13.1. The highest BCUT2D eigenvalue weighted by Gasteiger charge is 2.04. The van der Waals surface area contributed by atoms with Gasteiger partial charge in [-0.2, -0.15) is 4.98 Å². The first-order chi connectivity index (χ1) is 8.56. The van der Waals surface area contributed by atoms with E-state index in [0.717, 1.165) is 9.13 Å². The van der Waals surface area contributed by atoms with Crippen molar-refractivity contribution in [3.8, 4) is 6.01 Å². The first kappa shape index (κ1) is 13.0. The molecule has 94 valence electrons. The number of benzene rings is 1. The Morgan fingerprint density at radius 3 is 2.89 bits per heavy atom. The molecule has 0 radical (unpaired) electrons. The molecule has 0 amide bonds. The fourth-order valence-electron chi connectivity index (χ4n) is 1.31. The van der Waals surface area contributed by atoms with Gasteiger partial charge in [0.05, 0.1) is 3.57 Å². The van der Waals surface area contributed by atoms with Crippen molar-refractivity contribution in [2.45, 2.75) is 13.5 Å². The molecule has 0 spiro atoms. The van der Waals surface area contributed by atoms with Gasteiger partial charge >= 0.3 is 6.01 Å². The number of halogens is 2. The Labute approximate surface area is 118 Å². The third-order valence-electron chi connectivity index (χ3n) is 2.35. The fraction of sp³-hybridized carbons (Fsp3) is 0.167. The molecule has 6 heteroatoms. The zero-order valence-corrected chi connectivity index (χ0v) is 11.8. The molecule has 2 rings (SSSR count). The summed E-state index contributed by atoms with van der Waals surface area (Å²) in [6, 6.07) is 5.13. The summed E-state index contributed by atoms with van der Waals surface area (Å²) in [6.45, 7) is 1.92. The fourth-order valence-corrected chi connectivity index (χ4v) is 1.57. The second kappa shape index (κ2) is 5.47. The summed E-state index contributed by atoms with van der Waals surface area (Å²) in [6.07, 6.45) is 1.58. The Hall–Kier alpha value is -1.44. The van der Waals surface area contributed by atoms with Crippen molar-refractivity contribution in [1.82, 2.24) is 9.97 Å². The van der Waals surface area contributed by atoms with E-state index >= 15 is 0 Å². The van der Waals surface area contributed by atoms with E-state index in [1.54, 1.807) is 25.3 Å². The van der Waals surface area contributed by atoms with Gasteiger partial charge in [-0.05, 0) is 46.7 Å². The number of hydrogen-bond acceptors (Lipinski definition) is 4. The van der Waals surface area contributed by atoms with E-state index in [0.29, 0.717) is 11.4 Å². The SMILES string of the molecule is Cc1ccc(COc2ncc(I)c(N)n2)cc1F. The molecule has 2 N–H and O–H groups in total. The number of hydrogen-bond donors (Lipinski definition) is 1. The molecular weight excluding hydrogens is 348 g/mol. The van der Waals surface area contributed by atoms with E-state index < -0.39 is 0 Å². The lowest BCUT2D eigenvalue weighted by molar-refractivity contribution is 0.280. The lowest BCUT2D eigenvalue weighted by Crippen LogP contribution is -2.03. The van der Waals surface area contributed by atoms with E-state index in [9.17, 15) is 4.39 Å². The predicted molar refractivity (Wildman–Crippen MR) is 74.6 cm³/mol. The average molecular weight is 359 g/mol. The highest BCUT2D eigenvalue weighted by Crippen LogP contribution is 2.15. The molecule has 0 aliphatic heterocycles. The Kier molecular flexibility index (Phi) is 3.95. The number of rotatable bonds is 3. The predicted octanol–water partition coefficient (Wildman–Crippen LogP) is 2.69. The van der Waals surface area contributed by atoms with Crippen LogP contribution in [0.5, 0.6) is 6.01 Å². The van der Waals surface area contributed by atoms with Gasteiger partial charge in [0, 0.05) is 6.20 Å². The Bertz CT molecular complexity index is 526. The molecule has 4 nitrogen and oxygen atoms in total. The maximum atomic E-state index is 13.3. The minimum atomic E-state index is -0.251. The van der Waals surface area contributed by atoms with Gasteiger partial charge in [0.2, 0.25) is 0 Å². The third-order valence-corrected chi connectivity index (χ3v) is 3.18. The van der Waals surface area contributed by atoms with E-state index in [2.05, 4.69) is 9.97 Å². The van der Waals surface area contributed by atoms with E-state index in [-0.39, 0.29) is 18.4 Å². The largest absolute Gasteiger partial charge is 0.459 e. The number of aryl methyl sites for hydroxylation is 1. The van der Waals surface area contributed by atoms with Crippen LogP contribution in [-0.2, 0) is 6.61 Å². The number of ether oxygens (including phenoxy) is 1. The van der Waals surface area contributed by atoms with Crippen molar-refractivity contribution in [3.63, 3.8) is 0 Å². The molecule has 2 aromatic rings. The summed E-state index contributed by atoms with van der Waals surface area (Å²) >= 11 is 2.03. The topological polar surface area (TPSA) is 61.0 Å². The Morgan fingerprint density at radius 1 is 1.44 bits per heavy atom. The Morgan fingerprint density at radius 2 is 2.22 bits per heavy atom. The maximum absolute atomic E-state index is 13.3. The van der Waals surface area contributed by atoms with Gasteiger partial charge < -0.3 is 10.5 Å². The van der Waals surface area contributed by atoms with Gasteiger partial charge in [-0.25, -0.2) is 9.37 Å². The van der Waals surface area contributed by atoms with Crippen molar-refractivity contribution in [1.29, 1.82) is 0 Å². The van der Waals surface area contributed by atoms with Crippen LogP contribution < -0.4 is 10.5 Å². The first-order valence-corrected chi connectivity index (χ1v) is 6.30. The van der Waals surface area contributed by atoms with Crippen LogP contribution in [0.1, 0.15) is 11.1 Å². The molecule has 1 aromatic carbocycles. The highest BCUT2D eigenvalue weighted by atomic mass is 127. The van der Waals surface area contributed by atoms with Crippen LogP contribution in [0.3, 0.4) is 0 Å². The average Bonchev–Trinajstić information content (AvgIpc) is 2.35. The molecule has 1 aromatic heterocycles. The molecule has 0 bridgehead atoms. The van der Waals surface area contributed by atoms with Crippen molar-refractivity contribution < 1.29 is 9.13 Å². The molecule has 18 heavy (non-hydrogen) atoms. The summed E-state index contributed by atoms with van der Waals surface area (Å²) in [5, 5.41) is 0. The minimum absolute atomic E-state index is 0.189. The molecular formula is C12H11FIN3O. The van der Waals surface area contributed by atoms with Crippen LogP contribution in [0.4, 0.5) is 10.2 Å². The van der Waals surface area contributed by atoms with Crippen LogP contribution in [-0.4, -0.2) is 9.97 Å². The number of aromatic nitrogens is 2. The minimum Gasteiger partial charge on any atom is -0.459 e. The summed E-state index contributed by atoms with van der Waals surface area (Å²) in [7, 11) is 0. The normalized spacial score (nSPS) is 10.4. The molecule has 0 atom stereocenters. The number of anilines is 1. The van der Waals surface area contributed by atoms with Gasteiger partial charge in [-0.1, -0.05) is 12.1 Å². The lowest BCUT2D eigenvalue weighted by atomic mass is 10.1. The van der Waals surface area contributed by atoms with Crippen molar-refractivity contribution in [2.24, 2.45) is 0 Å². The van der Waals surface area contributed by atoms with Crippen molar-refractivity contribution in [3.05, 3.63) is 44.9 Å². The van der Waals surface area contributed by atoms with Crippen LogP contribution in [0.15, 0.2) is 24.4 Å². The third kappa shape index (κ3) is 3.06. The van der Waals surface area contributed by atoms with Crippen molar-refractivity contribution in [2.75, 3.05) is 5.73 Å². The monoisotopic (exact) mass is 359 g/mol. The lowest BCUT2D eigenvalue weighted by Gasteiger charge is -2.06. The van der Waals surface area contributed by atoms with Crippen LogP contribution >= 0.6 is 22.6 Å². The zero-order valence-electron chi connectivity index (χ0n) is 9.65. The number of nitrogens with zero attached hydrogens (tertiary/aromatic N) is 2. The van der Waals surface area contributed by atoms with Crippen LogP contribution in [0.2, 0.25) is 0 Å². The molecule has 0 unspecified atom stereocenters. The molecule has 0 fully saturated rings. The summed E-state index contributed by atoms with van der Waals surface area (Å²) < 4.78 is 19.4. The van der Waals surface area contributed by atoms with Gasteiger partial charge in [0.25, 0.3) is 0 Å². The van der Waals surface area contributed by atoms with Crippen molar-refractivity contribution >= 4 is 28.4 Å². The number of nitrogens with two attached hydrogens (primary N) is 1. The Balaban J connectivity index is 2.06.